The molecule has 0 amide bonds. The number of thiazole rings is 1. The van der Waals surface area contributed by atoms with Crippen LogP contribution in [0.3, 0.4) is 0 Å². The highest BCUT2D eigenvalue weighted by molar-refractivity contribution is 7.21. The van der Waals surface area contributed by atoms with Gasteiger partial charge in [0.1, 0.15) is 0 Å². The van der Waals surface area contributed by atoms with Gasteiger partial charge in [-0.15, -0.1) is 11.3 Å². The number of para-hydroxylation sites is 3. The minimum Gasteiger partial charge on any atom is -0.308 e. The molecule has 0 radical (unpaired) electrons. The second kappa shape index (κ2) is 11.4. The van der Waals surface area contributed by atoms with E-state index < -0.39 is 0 Å². The van der Waals surface area contributed by atoms with E-state index in [9.17, 15) is 0 Å². The Balaban J connectivity index is 1.31. The fourth-order valence-corrected chi connectivity index (χ4v) is 8.66. The van der Waals surface area contributed by atoms with Crippen molar-refractivity contribution in [3.8, 4) is 39.3 Å². The highest BCUT2D eigenvalue weighted by Gasteiger charge is 2.22. The molecule has 5 nitrogen and oxygen atoms in total. The monoisotopic (exact) mass is 681 g/mol. The zero-order chi connectivity index (χ0) is 34.2. The van der Waals surface area contributed by atoms with Crippen LogP contribution in [0, 0.1) is 0 Å². The van der Waals surface area contributed by atoms with Crippen molar-refractivity contribution in [3.63, 3.8) is 0 Å². The van der Waals surface area contributed by atoms with Gasteiger partial charge in [0, 0.05) is 21.9 Å². The summed E-state index contributed by atoms with van der Waals surface area (Å²) in [4.78, 5) is 20.6. The first-order valence-corrected chi connectivity index (χ1v) is 18.1. The molecule has 0 atom stereocenters. The van der Waals surface area contributed by atoms with Crippen LogP contribution in [0.15, 0.2) is 164 Å². The first-order valence-electron chi connectivity index (χ1n) is 17.3. The Bertz CT molecular complexity index is 3110. The van der Waals surface area contributed by atoms with Gasteiger partial charge in [-0.3, -0.25) is 0 Å². The third kappa shape index (κ3) is 4.41. The molecule has 0 unspecified atom stereocenters. The van der Waals surface area contributed by atoms with Crippen LogP contribution in [-0.4, -0.2) is 24.5 Å². The Morgan fingerprint density at radius 3 is 1.54 bits per heavy atom. The van der Waals surface area contributed by atoms with Crippen molar-refractivity contribution in [2.24, 2.45) is 0 Å². The SMILES string of the molecule is c1ccc(-c2nc(-c3nc4ccccc4s3)nc(-c3cc4c5ccccc5c5ccccc5c4cc3-n3c4ccccc4c4ccccc43)n2)cc1. The molecule has 11 rings (SSSR count). The molecular formula is C46H27N5S. The summed E-state index contributed by atoms with van der Waals surface area (Å²) in [5.74, 6) is 1.76. The predicted octanol–water partition coefficient (Wildman–Crippen LogP) is 12.0. The third-order valence-electron chi connectivity index (χ3n) is 10.1. The molecule has 0 saturated heterocycles. The fraction of sp³-hybridized carbons (Fsp3) is 0. The molecule has 0 bridgehead atoms. The van der Waals surface area contributed by atoms with Crippen molar-refractivity contribution in [2.45, 2.75) is 0 Å². The summed E-state index contributed by atoms with van der Waals surface area (Å²) in [7, 11) is 0. The number of hydrogen-bond donors (Lipinski definition) is 0. The minimum atomic E-state index is 0.557. The molecule has 0 aliphatic carbocycles. The molecule has 0 spiro atoms. The summed E-state index contributed by atoms with van der Waals surface area (Å²) < 4.78 is 3.47. The average molecular weight is 682 g/mol. The van der Waals surface area contributed by atoms with Crippen molar-refractivity contribution in [3.05, 3.63) is 164 Å². The van der Waals surface area contributed by atoms with E-state index in [0.717, 1.165) is 48.5 Å². The molecular weight excluding hydrogens is 655 g/mol. The van der Waals surface area contributed by atoms with Crippen molar-refractivity contribution >= 4 is 75.7 Å². The molecule has 0 fully saturated rings. The molecule has 242 valence electrons. The van der Waals surface area contributed by atoms with E-state index in [1.165, 1.54) is 37.7 Å². The molecule has 0 saturated carbocycles. The van der Waals surface area contributed by atoms with Gasteiger partial charge in [0.2, 0.25) is 0 Å². The maximum atomic E-state index is 5.29. The smallest absolute Gasteiger partial charge is 0.192 e. The van der Waals surface area contributed by atoms with Crippen LogP contribution >= 0.6 is 11.3 Å². The van der Waals surface area contributed by atoms with E-state index in [-0.39, 0.29) is 0 Å². The van der Waals surface area contributed by atoms with Gasteiger partial charge in [0.15, 0.2) is 22.5 Å². The number of fused-ring (bicyclic) bond motifs is 10. The summed E-state index contributed by atoms with van der Waals surface area (Å²) in [6.07, 6.45) is 0. The largest absolute Gasteiger partial charge is 0.308 e. The molecule has 0 aliphatic heterocycles. The molecule has 52 heavy (non-hydrogen) atoms. The summed E-state index contributed by atoms with van der Waals surface area (Å²) in [5, 5.41) is 10.3. The van der Waals surface area contributed by atoms with E-state index in [1.807, 2.05) is 36.4 Å². The summed E-state index contributed by atoms with van der Waals surface area (Å²) in [5.41, 5.74) is 6.02. The van der Waals surface area contributed by atoms with Gasteiger partial charge in [0.25, 0.3) is 0 Å². The quantitative estimate of drug-likeness (QED) is 0.174. The number of aromatic nitrogens is 5. The number of hydrogen-bond acceptors (Lipinski definition) is 5. The lowest BCUT2D eigenvalue weighted by Crippen LogP contribution is -2.04. The lowest BCUT2D eigenvalue weighted by atomic mass is 9.92. The third-order valence-corrected chi connectivity index (χ3v) is 11.1. The predicted molar refractivity (Wildman–Crippen MR) is 216 cm³/mol. The van der Waals surface area contributed by atoms with Crippen molar-refractivity contribution in [1.82, 2.24) is 24.5 Å². The molecule has 0 aliphatic rings. The zero-order valence-electron chi connectivity index (χ0n) is 27.7. The lowest BCUT2D eigenvalue weighted by molar-refractivity contribution is 1.06. The Morgan fingerprint density at radius 2 is 0.885 bits per heavy atom. The maximum absolute atomic E-state index is 5.29. The van der Waals surface area contributed by atoms with Gasteiger partial charge in [-0.05, 0) is 68.7 Å². The zero-order valence-corrected chi connectivity index (χ0v) is 28.5. The normalized spacial score (nSPS) is 11.8. The highest BCUT2D eigenvalue weighted by atomic mass is 32.1. The number of nitrogens with zero attached hydrogens (tertiary/aromatic N) is 5. The fourth-order valence-electron chi connectivity index (χ4n) is 7.76. The topological polar surface area (TPSA) is 56.5 Å². The van der Waals surface area contributed by atoms with E-state index in [1.54, 1.807) is 11.3 Å². The average Bonchev–Trinajstić information content (AvgIpc) is 3.81. The van der Waals surface area contributed by atoms with Crippen LogP contribution in [0.4, 0.5) is 0 Å². The standard InChI is InChI=1S/C46H27N5S/c1-2-14-28(15-3-1)43-48-44(50-45(49-43)46-47-38-22-10-13-25-42(38)52-46)37-26-35-31-18-6-4-16-29(31)30-17-5-7-19-32(30)36(35)27-41(37)51-39-23-11-8-20-33(39)34-21-9-12-24-40(34)51/h1-27H. The van der Waals surface area contributed by atoms with Crippen LogP contribution in [-0.2, 0) is 0 Å². The second-order valence-corrected chi connectivity index (χ2v) is 14.1. The van der Waals surface area contributed by atoms with Gasteiger partial charge in [0.05, 0.1) is 26.9 Å². The number of benzene rings is 8. The van der Waals surface area contributed by atoms with E-state index in [4.69, 9.17) is 19.9 Å². The molecule has 3 heterocycles. The molecule has 3 aromatic heterocycles. The molecule has 11 aromatic rings. The summed E-state index contributed by atoms with van der Waals surface area (Å²) in [6, 6.07) is 57.7. The second-order valence-electron chi connectivity index (χ2n) is 13.0. The molecule has 0 N–H and O–H groups in total. The Labute approximate surface area is 302 Å². The van der Waals surface area contributed by atoms with Gasteiger partial charge in [-0.2, -0.15) is 0 Å². The minimum absolute atomic E-state index is 0.557. The Hall–Kier alpha value is -6.76. The van der Waals surface area contributed by atoms with E-state index in [0.29, 0.717) is 17.5 Å². The van der Waals surface area contributed by atoms with Crippen LogP contribution in [0.2, 0.25) is 0 Å². The van der Waals surface area contributed by atoms with Crippen LogP contribution in [0.25, 0.3) is 104 Å². The lowest BCUT2D eigenvalue weighted by Gasteiger charge is -2.18. The van der Waals surface area contributed by atoms with Crippen LogP contribution in [0.1, 0.15) is 0 Å². The Morgan fingerprint density at radius 1 is 0.385 bits per heavy atom. The maximum Gasteiger partial charge on any atom is 0.192 e. The van der Waals surface area contributed by atoms with Crippen molar-refractivity contribution in [2.75, 3.05) is 0 Å². The van der Waals surface area contributed by atoms with Gasteiger partial charge in [-0.25, -0.2) is 19.9 Å². The van der Waals surface area contributed by atoms with E-state index in [2.05, 4.69) is 132 Å². The van der Waals surface area contributed by atoms with Gasteiger partial charge in [-0.1, -0.05) is 127 Å². The van der Waals surface area contributed by atoms with Gasteiger partial charge < -0.3 is 4.57 Å². The van der Waals surface area contributed by atoms with E-state index >= 15 is 0 Å². The van der Waals surface area contributed by atoms with Crippen LogP contribution < -0.4 is 0 Å². The first kappa shape index (κ1) is 29.0. The van der Waals surface area contributed by atoms with Crippen molar-refractivity contribution < 1.29 is 0 Å². The molecule has 6 heteroatoms. The highest BCUT2D eigenvalue weighted by Crippen LogP contribution is 2.42. The summed E-state index contributed by atoms with van der Waals surface area (Å²) in [6.45, 7) is 0. The Kier molecular flexibility index (Phi) is 6.35. The summed E-state index contributed by atoms with van der Waals surface area (Å²) >= 11 is 1.60. The van der Waals surface area contributed by atoms with Crippen molar-refractivity contribution in [1.29, 1.82) is 0 Å². The van der Waals surface area contributed by atoms with Crippen LogP contribution in [0.5, 0.6) is 0 Å². The molecule has 8 aromatic carbocycles. The number of rotatable bonds is 4. The van der Waals surface area contributed by atoms with Gasteiger partial charge >= 0.3 is 0 Å². The first-order chi connectivity index (χ1) is 25.8.